The topological polar surface area (TPSA) is 58.4 Å². The van der Waals surface area contributed by atoms with Gasteiger partial charge >= 0.3 is 0 Å². The molecule has 0 atom stereocenters. The SMILES string of the molecule is CN(C)NC(=O)c1ccc(Br)cc1N. The van der Waals surface area contributed by atoms with Gasteiger partial charge in [-0.05, 0) is 18.2 Å². The molecule has 0 fully saturated rings. The number of amides is 1. The van der Waals surface area contributed by atoms with Crippen LogP contribution < -0.4 is 11.2 Å². The lowest BCUT2D eigenvalue weighted by molar-refractivity contribution is 0.0858. The van der Waals surface area contributed by atoms with Crippen molar-refractivity contribution in [1.82, 2.24) is 10.4 Å². The van der Waals surface area contributed by atoms with Gasteiger partial charge in [-0.15, -0.1) is 0 Å². The maximum Gasteiger partial charge on any atom is 0.267 e. The second kappa shape index (κ2) is 4.43. The van der Waals surface area contributed by atoms with E-state index in [9.17, 15) is 4.79 Å². The fraction of sp³-hybridized carbons (Fsp3) is 0.222. The second-order valence-electron chi connectivity index (χ2n) is 3.07. The molecule has 0 heterocycles. The second-order valence-corrected chi connectivity index (χ2v) is 3.98. The molecule has 14 heavy (non-hydrogen) atoms. The molecule has 0 unspecified atom stereocenters. The lowest BCUT2D eigenvalue weighted by Gasteiger charge is -2.12. The highest BCUT2D eigenvalue weighted by molar-refractivity contribution is 9.10. The van der Waals surface area contributed by atoms with Crippen LogP contribution in [-0.2, 0) is 0 Å². The van der Waals surface area contributed by atoms with Gasteiger partial charge in [0.15, 0.2) is 0 Å². The molecule has 0 spiro atoms. The Morgan fingerprint density at radius 1 is 1.50 bits per heavy atom. The Bertz CT molecular complexity index is 352. The van der Waals surface area contributed by atoms with Crippen molar-refractivity contribution in [2.24, 2.45) is 0 Å². The molecule has 0 saturated heterocycles. The monoisotopic (exact) mass is 257 g/mol. The van der Waals surface area contributed by atoms with E-state index in [1.807, 2.05) is 0 Å². The molecule has 0 aliphatic rings. The van der Waals surface area contributed by atoms with Gasteiger partial charge in [0.1, 0.15) is 0 Å². The van der Waals surface area contributed by atoms with Crippen LogP contribution in [0.3, 0.4) is 0 Å². The third-order valence-corrected chi connectivity index (χ3v) is 2.08. The Balaban J connectivity index is 2.90. The molecule has 0 aromatic heterocycles. The largest absolute Gasteiger partial charge is 0.398 e. The van der Waals surface area contributed by atoms with E-state index in [0.717, 1.165) is 4.47 Å². The molecule has 5 heteroatoms. The third kappa shape index (κ3) is 2.71. The average molecular weight is 258 g/mol. The lowest BCUT2D eigenvalue weighted by atomic mass is 10.2. The van der Waals surface area contributed by atoms with Crippen LogP contribution in [0.5, 0.6) is 0 Å². The summed E-state index contributed by atoms with van der Waals surface area (Å²) in [5.74, 6) is -0.208. The number of hydrazine groups is 1. The Labute approximate surface area is 91.2 Å². The van der Waals surface area contributed by atoms with E-state index < -0.39 is 0 Å². The minimum absolute atomic E-state index is 0.208. The summed E-state index contributed by atoms with van der Waals surface area (Å²) in [6.45, 7) is 0. The number of anilines is 1. The van der Waals surface area contributed by atoms with Gasteiger partial charge in [-0.25, -0.2) is 5.01 Å². The van der Waals surface area contributed by atoms with E-state index >= 15 is 0 Å². The van der Waals surface area contributed by atoms with Crippen molar-refractivity contribution in [2.75, 3.05) is 19.8 Å². The summed E-state index contributed by atoms with van der Waals surface area (Å²) in [6, 6.07) is 5.16. The van der Waals surface area contributed by atoms with Crippen molar-refractivity contribution in [3.05, 3.63) is 28.2 Å². The van der Waals surface area contributed by atoms with Gasteiger partial charge in [0.2, 0.25) is 0 Å². The van der Waals surface area contributed by atoms with Gasteiger partial charge in [0.05, 0.1) is 5.56 Å². The van der Waals surface area contributed by atoms with Crippen molar-refractivity contribution < 1.29 is 4.79 Å². The van der Waals surface area contributed by atoms with Crippen LogP contribution in [0.2, 0.25) is 0 Å². The van der Waals surface area contributed by atoms with E-state index in [1.54, 1.807) is 37.3 Å². The van der Waals surface area contributed by atoms with Crippen molar-refractivity contribution in [1.29, 1.82) is 0 Å². The zero-order valence-electron chi connectivity index (χ0n) is 8.04. The zero-order chi connectivity index (χ0) is 10.7. The first-order chi connectivity index (χ1) is 6.50. The number of hydrogen-bond acceptors (Lipinski definition) is 3. The summed E-state index contributed by atoms with van der Waals surface area (Å²) in [4.78, 5) is 11.5. The predicted molar refractivity (Wildman–Crippen MR) is 59.7 cm³/mol. The molecule has 4 nitrogen and oxygen atoms in total. The fourth-order valence-corrected chi connectivity index (χ4v) is 1.38. The molecular formula is C9H12BrN3O. The number of rotatable bonds is 2. The number of nitrogens with two attached hydrogens (primary N) is 1. The molecule has 1 amide bonds. The molecule has 0 saturated carbocycles. The minimum atomic E-state index is -0.208. The minimum Gasteiger partial charge on any atom is -0.398 e. The number of carbonyl (C=O) groups is 1. The van der Waals surface area contributed by atoms with Gasteiger partial charge in [-0.3, -0.25) is 10.2 Å². The molecule has 76 valence electrons. The van der Waals surface area contributed by atoms with Gasteiger partial charge in [-0.2, -0.15) is 0 Å². The van der Waals surface area contributed by atoms with Crippen LogP contribution in [-0.4, -0.2) is 25.0 Å². The van der Waals surface area contributed by atoms with E-state index in [-0.39, 0.29) is 5.91 Å². The van der Waals surface area contributed by atoms with E-state index in [2.05, 4.69) is 21.4 Å². The number of benzene rings is 1. The Hall–Kier alpha value is -1.07. The van der Waals surface area contributed by atoms with Crippen LogP contribution >= 0.6 is 15.9 Å². The van der Waals surface area contributed by atoms with E-state index in [1.165, 1.54) is 0 Å². The van der Waals surface area contributed by atoms with Crippen molar-refractivity contribution >= 4 is 27.5 Å². The molecule has 0 aliphatic carbocycles. The van der Waals surface area contributed by atoms with Crippen molar-refractivity contribution in [3.63, 3.8) is 0 Å². The molecular weight excluding hydrogens is 246 g/mol. The number of hydrogen-bond donors (Lipinski definition) is 2. The highest BCUT2D eigenvalue weighted by Crippen LogP contribution is 2.18. The summed E-state index contributed by atoms with van der Waals surface area (Å²) >= 11 is 3.27. The number of nitrogens with one attached hydrogen (secondary N) is 1. The number of nitrogens with zero attached hydrogens (tertiary/aromatic N) is 1. The van der Waals surface area contributed by atoms with E-state index in [0.29, 0.717) is 11.3 Å². The van der Waals surface area contributed by atoms with Crippen LogP contribution in [0.1, 0.15) is 10.4 Å². The normalized spacial score (nSPS) is 10.3. The fourth-order valence-electron chi connectivity index (χ4n) is 1.00. The Kier molecular flexibility index (Phi) is 3.49. The smallest absolute Gasteiger partial charge is 0.267 e. The zero-order valence-corrected chi connectivity index (χ0v) is 9.63. The van der Waals surface area contributed by atoms with Gasteiger partial charge in [-0.1, -0.05) is 15.9 Å². The van der Waals surface area contributed by atoms with Crippen molar-refractivity contribution in [2.45, 2.75) is 0 Å². The molecule has 0 radical (unpaired) electrons. The number of nitrogen functional groups attached to an aromatic ring is 1. The summed E-state index contributed by atoms with van der Waals surface area (Å²) in [5, 5.41) is 1.57. The maximum absolute atomic E-state index is 11.5. The van der Waals surface area contributed by atoms with E-state index in [4.69, 9.17) is 5.73 Å². The molecule has 1 aromatic carbocycles. The number of halogens is 1. The van der Waals surface area contributed by atoms with Crippen LogP contribution in [0, 0.1) is 0 Å². The van der Waals surface area contributed by atoms with Crippen molar-refractivity contribution in [3.8, 4) is 0 Å². The molecule has 1 rings (SSSR count). The standard InChI is InChI=1S/C9H12BrN3O/c1-13(2)12-9(14)7-4-3-6(10)5-8(7)11/h3-5H,11H2,1-2H3,(H,12,14). The van der Waals surface area contributed by atoms with Gasteiger partial charge in [0, 0.05) is 24.3 Å². The highest BCUT2D eigenvalue weighted by atomic mass is 79.9. The van der Waals surface area contributed by atoms with Gasteiger partial charge in [0.25, 0.3) is 5.91 Å². The number of carbonyl (C=O) groups excluding carboxylic acids is 1. The Morgan fingerprint density at radius 3 is 2.64 bits per heavy atom. The van der Waals surface area contributed by atoms with Gasteiger partial charge < -0.3 is 5.73 Å². The lowest BCUT2D eigenvalue weighted by Crippen LogP contribution is -2.36. The van der Waals surface area contributed by atoms with Crippen LogP contribution in [0.4, 0.5) is 5.69 Å². The Morgan fingerprint density at radius 2 is 2.14 bits per heavy atom. The summed E-state index contributed by atoms with van der Waals surface area (Å²) in [6.07, 6.45) is 0. The first-order valence-electron chi connectivity index (χ1n) is 4.04. The van der Waals surface area contributed by atoms with Crippen LogP contribution in [0.25, 0.3) is 0 Å². The average Bonchev–Trinajstić information content (AvgIpc) is 2.01. The molecule has 0 aliphatic heterocycles. The first kappa shape index (κ1) is 11.0. The molecule has 1 aromatic rings. The summed E-state index contributed by atoms with van der Waals surface area (Å²) in [5.41, 5.74) is 9.24. The summed E-state index contributed by atoms with van der Waals surface area (Å²) in [7, 11) is 3.49. The maximum atomic E-state index is 11.5. The summed E-state index contributed by atoms with van der Waals surface area (Å²) < 4.78 is 0.858. The third-order valence-electron chi connectivity index (χ3n) is 1.58. The molecule has 3 N–H and O–H groups in total. The first-order valence-corrected chi connectivity index (χ1v) is 4.83. The molecule has 0 bridgehead atoms. The quantitative estimate of drug-likeness (QED) is 0.619. The van der Waals surface area contributed by atoms with Crippen LogP contribution in [0.15, 0.2) is 22.7 Å². The predicted octanol–water partition coefficient (Wildman–Crippen LogP) is 1.24. The highest BCUT2D eigenvalue weighted by Gasteiger charge is 2.09.